The number of hydrogen-bond donors (Lipinski definition) is 1. The Bertz CT molecular complexity index is 602. The van der Waals surface area contributed by atoms with Gasteiger partial charge < -0.3 is 15.0 Å². The van der Waals surface area contributed by atoms with Gasteiger partial charge in [0.2, 0.25) is 0 Å². The minimum Gasteiger partial charge on any atom is -0.377 e. The number of fused-ring (bicyclic) bond motifs is 1. The van der Waals surface area contributed by atoms with E-state index in [1.165, 1.54) is 43.2 Å². The van der Waals surface area contributed by atoms with E-state index in [0.29, 0.717) is 12.1 Å². The van der Waals surface area contributed by atoms with Crippen LogP contribution in [0.25, 0.3) is 0 Å². The first kappa shape index (κ1) is 17.0. The maximum Gasteiger partial charge on any atom is 0.251 e. The van der Waals surface area contributed by atoms with Gasteiger partial charge in [0.1, 0.15) is 0 Å². The third-order valence-corrected chi connectivity index (χ3v) is 6.02. The SMILES string of the molecule is O=C(NC1CCN(C[C@@H]2CCCO2)CC1)c1ccc2c(c1)CCCC2. The van der Waals surface area contributed by atoms with E-state index in [1.807, 2.05) is 6.07 Å². The molecule has 1 amide bonds. The number of hydrogen-bond acceptors (Lipinski definition) is 3. The van der Waals surface area contributed by atoms with Crippen LogP contribution in [0.2, 0.25) is 0 Å². The smallest absolute Gasteiger partial charge is 0.251 e. The molecule has 1 aliphatic carbocycles. The first-order valence-corrected chi connectivity index (χ1v) is 10.0. The van der Waals surface area contributed by atoms with Crippen LogP contribution in [0.5, 0.6) is 0 Å². The Balaban J connectivity index is 1.27. The summed E-state index contributed by atoms with van der Waals surface area (Å²) >= 11 is 0. The molecular weight excluding hydrogens is 312 g/mol. The van der Waals surface area contributed by atoms with Crippen molar-refractivity contribution in [1.29, 1.82) is 0 Å². The summed E-state index contributed by atoms with van der Waals surface area (Å²) in [6.07, 6.45) is 9.75. The Morgan fingerprint density at radius 1 is 1.08 bits per heavy atom. The number of carbonyl (C=O) groups is 1. The Hall–Kier alpha value is -1.39. The van der Waals surface area contributed by atoms with Crippen LogP contribution >= 0.6 is 0 Å². The van der Waals surface area contributed by atoms with Crippen molar-refractivity contribution in [3.8, 4) is 0 Å². The molecule has 4 nitrogen and oxygen atoms in total. The zero-order valence-electron chi connectivity index (χ0n) is 15.1. The monoisotopic (exact) mass is 342 g/mol. The summed E-state index contributed by atoms with van der Waals surface area (Å²) in [7, 11) is 0. The van der Waals surface area contributed by atoms with Gasteiger partial charge >= 0.3 is 0 Å². The number of piperidine rings is 1. The van der Waals surface area contributed by atoms with E-state index in [2.05, 4.69) is 22.3 Å². The molecule has 1 atom stereocenters. The molecule has 2 saturated heterocycles. The second kappa shape index (κ2) is 7.88. The standard InChI is InChI=1S/C21H30N2O2/c24-21(18-8-7-16-4-1-2-5-17(16)14-18)22-19-9-11-23(12-10-19)15-20-6-3-13-25-20/h7-8,14,19-20H,1-6,9-13,15H2,(H,22,24)/t20-/m0/s1. The molecule has 4 rings (SSSR count). The van der Waals surface area contributed by atoms with Gasteiger partial charge in [0.15, 0.2) is 0 Å². The van der Waals surface area contributed by atoms with Gasteiger partial charge in [-0.2, -0.15) is 0 Å². The number of ether oxygens (including phenoxy) is 1. The van der Waals surface area contributed by atoms with Crippen molar-refractivity contribution < 1.29 is 9.53 Å². The van der Waals surface area contributed by atoms with Gasteiger partial charge in [-0.25, -0.2) is 0 Å². The van der Waals surface area contributed by atoms with Gasteiger partial charge in [0.05, 0.1) is 6.10 Å². The zero-order chi connectivity index (χ0) is 17.1. The lowest BCUT2D eigenvalue weighted by Crippen LogP contribution is -2.46. The molecule has 2 fully saturated rings. The Morgan fingerprint density at radius 2 is 1.88 bits per heavy atom. The van der Waals surface area contributed by atoms with Gasteiger partial charge in [0, 0.05) is 37.8 Å². The average molecular weight is 342 g/mol. The number of aryl methyl sites for hydroxylation is 2. The molecule has 2 heterocycles. The van der Waals surface area contributed by atoms with Crippen molar-refractivity contribution in [1.82, 2.24) is 10.2 Å². The number of benzene rings is 1. The number of amides is 1. The molecule has 25 heavy (non-hydrogen) atoms. The summed E-state index contributed by atoms with van der Waals surface area (Å²) in [6.45, 7) is 4.12. The predicted octanol–water partition coefficient (Wildman–Crippen LogP) is 2.94. The summed E-state index contributed by atoms with van der Waals surface area (Å²) in [4.78, 5) is 15.1. The van der Waals surface area contributed by atoms with Crippen LogP contribution in [0.1, 0.15) is 60.0 Å². The van der Waals surface area contributed by atoms with Crippen LogP contribution in [0.4, 0.5) is 0 Å². The van der Waals surface area contributed by atoms with Gasteiger partial charge in [-0.15, -0.1) is 0 Å². The summed E-state index contributed by atoms with van der Waals surface area (Å²) in [5, 5.41) is 3.26. The molecule has 136 valence electrons. The van der Waals surface area contributed by atoms with E-state index in [1.54, 1.807) is 0 Å². The van der Waals surface area contributed by atoms with Crippen LogP contribution in [-0.2, 0) is 17.6 Å². The van der Waals surface area contributed by atoms with Crippen LogP contribution in [0, 0.1) is 0 Å². The molecule has 0 bridgehead atoms. The zero-order valence-corrected chi connectivity index (χ0v) is 15.1. The fourth-order valence-electron chi connectivity index (χ4n) is 4.48. The minimum absolute atomic E-state index is 0.103. The molecule has 1 N–H and O–H groups in total. The van der Waals surface area contributed by atoms with Crippen molar-refractivity contribution in [3.05, 3.63) is 34.9 Å². The van der Waals surface area contributed by atoms with E-state index < -0.39 is 0 Å². The minimum atomic E-state index is 0.103. The van der Waals surface area contributed by atoms with Crippen LogP contribution in [-0.4, -0.2) is 49.2 Å². The molecule has 1 aromatic carbocycles. The van der Waals surface area contributed by atoms with Crippen molar-refractivity contribution in [2.75, 3.05) is 26.2 Å². The molecule has 3 aliphatic rings. The highest BCUT2D eigenvalue weighted by atomic mass is 16.5. The molecule has 0 aromatic heterocycles. The summed E-state index contributed by atoms with van der Waals surface area (Å²) < 4.78 is 5.74. The van der Waals surface area contributed by atoms with Crippen molar-refractivity contribution >= 4 is 5.91 Å². The first-order chi connectivity index (χ1) is 12.3. The van der Waals surface area contributed by atoms with Gasteiger partial charge in [-0.3, -0.25) is 4.79 Å². The summed E-state index contributed by atoms with van der Waals surface area (Å²) in [5.74, 6) is 0.103. The molecule has 2 aliphatic heterocycles. The fraction of sp³-hybridized carbons (Fsp3) is 0.667. The third-order valence-electron chi connectivity index (χ3n) is 6.02. The quantitative estimate of drug-likeness (QED) is 0.915. The molecule has 0 radical (unpaired) electrons. The van der Waals surface area contributed by atoms with Gasteiger partial charge in [0.25, 0.3) is 5.91 Å². The van der Waals surface area contributed by atoms with Crippen molar-refractivity contribution in [3.63, 3.8) is 0 Å². The lowest BCUT2D eigenvalue weighted by molar-refractivity contribution is 0.0613. The molecule has 0 saturated carbocycles. The van der Waals surface area contributed by atoms with Gasteiger partial charge in [-0.05, 0) is 74.6 Å². The summed E-state index contributed by atoms with van der Waals surface area (Å²) in [5.41, 5.74) is 3.65. The number of nitrogens with one attached hydrogen (secondary N) is 1. The molecule has 4 heteroatoms. The fourth-order valence-corrected chi connectivity index (χ4v) is 4.48. The summed E-state index contributed by atoms with van der Waals surface area (Å²) in [6, 6.07) is 6.60. The van der Waals surface area contributed by atoms with Crippen molar-refractivity contribution in [2.45, 2.75) is 63.5 Å². The highest BCUT2D eigenvalue weighted by molar-refractivity contribution is 5.94. The number of likely N-dealkylation sites (tertiary alicyclic amines) is 1. The second-order valence-electron chi connectivity index (χ2n) is 7.87. The largest absolute Gasteiger partial charge is 0.377 e. The van der Waals surface area contributed by atoms with Crippen molar-refractivity contribution in [2.24, 2.45) is 0 Å². The van der Waals surface area contributed by atoms with Gasteiger partial charge in [-0.1, -0.05) is 6.07 Å². The molecule has 1 aromatic rings. The van der Waals surface area contributed by atoms with E-state index in [4.69, 9.17) is 4.74 Å². The van der Waals surface area contributed by atoms with Crippen LogP contribution < -0.4 is 5.32 Å². The number of rotatable bonds is 4. The highest BCUT2D eigenvalue weighted by Gasteiger charge is 2.25. The lowest BCUT2D eigenvalue weighted by atomic mass is 9.90. The second-order valence-corrected chi connectivity index (χ2v) is 7.87. The highest BCUT2D eigenvalue weighted by Crippen LogP contribution is 2.22. The average Bonchev–Trinajstić information content (AvgIpc) is 3.16. The number of carbonyl (C=O) groups excluding carboxylic acids is 1. The number of nitrogens with zero attached hydrogens (tertiary/aromatic N) is 1. The topological polar surface area (TPSA) is 41.6 Å². The van der Waals surface area contributed by atoms with E-state index >= 15 is 0 Å². The Kier molecular flexibility index (Phi) is 5.37. The van der Waals surface area contributed by atoms with Crippen LogP contribution in [0.3, 0.4) is 0 Å². The molecule has 0 spiro atoms. The Labute approximate surface area is 150 Å². The maximum absolute atomic E-state index is 12.6. The lowest BCUT2D eigenvalue weighted by Gasteiger charge is -2.33. The van der Waals surface area contributed by atoms with E-state index in [9.17, 15) is 4.79 Å². The third kappa shape index (κ3) is 4.24. The maximum atomic E-state index is 12.6. The molecule has 0 unspecified atom stereocenters. The molecular formula is C21H30N2O2. The van der Waals surface area contributed by atoms with E-state index in [-0.39, 0.29) is 5.91 Å². The first-order valence-electron chi connectivity index (χ1n) is 10.0. The normalized spacial score (nSPS) is 24.9. The predicted molar refractivity (Wildman–Crippen MR) is 99.0 cm³/mol. The Morgan fingerprint density at radius 3 is 2.64 bits per heavy atom. The van der Waals surface area contributed by atoms with E-state index in [0.717, 1.165) is 51.1 Å². The van der Waals surface area contributed by atoms with Crippen LogP contribution in [0.15, 0.2) is 18.2 Å².